The largest absolute Gasteiger partial charge is 0.325 e. The number of pyridine rings is 1. The molecule has 1 aliphatic rings. The summed E-state index contributed by atoms with van der Waals surface area (Å²) in [6, 6.07) is 18.1. The molecule has 1 fully saturated rings. The van der Waals surface area contributed by atoms with E-state index in [0.717, 1.165) is 48.7 Å². The Morgan fingerprint density at radius 3 is 2.51 bits per heavy atom. The van der Waals surface area contributed by atoms with Crippen LogP contribution in [0.15, 0.2) is 70.7 Å². The molecule has 2 aromatic carbocycles. The first-order valence-corrected chi connectivity index (χ1v) is 14.1. The Kier molecular flexibility index (Phi) is 6.77. The van der Waals surface area contributed by atoms with Crippen molar-refractivity contribution >= 4 is 49.9 Å². The Morgan fingerprint density at radius 2 is 1.74 bits per heavy atom. The molecule has 1 unspecified atom stereocenters. The minimum absolute atomic E-state index is 0.00337. The molecule has 0 saturated heterocycles. The van der Waals surface area contributed by atoms with E-state index < -0.39 is 15.3 Å². The predicted octanol–water partition coefficient (Wildman–Crippen LogP) is 4.61. The van der Waals surface area contributed by atoms with Crippen LogP contribution in [0.5, 0.6) is 0 Å². The second-order valence-electron chi connectivity index (χ2n) is 8.80. The third-order valence-corrected chi connectivity index (χ3v) is 8.84. The Hall–Kier alpha value is -2.95. The fraction of sp³-hybridized carbons (Fsp3) is 0.320. The molecule has 4 aromatic rings. The van der Waals surface area contributed by atoms with Gasteiger partial charge in [0.15, 0.2) is 10.8 Å². The van der Waals surface area contributed by atoms with Crippen LogP contribution < -0.4 is 10.0 Å². The summed E-state index contributed by atoms with van der Waals surface area (Å²) in [5.74, 6) is -0.206. The van der Waals surface area contributed by atoms with Crippen molar-refractivity contribution in [3.05, 3.63) is 60.7 Å². The van der Waals surface area contributed by atoms with Crippen LogP contribution in [0.4, 0.5) is 5.69 Å². The summed E-state index contributed by atoms with van der Waals surface area (Å²) in [6.45, 7) is 1.80. The van der Waals surface area contributed by atoms with Gasteiger partial charge in [-0.2, -0.15) is 0 Å². The number of nitrogens with zero attached hydrogens (tertiary/aromatic N) is 3. The van der Waals surface area contributed by atoms with Crippen LogP contribution in [0.3, 0.4) is 0 Å². The van der Waals surface area contributed by atoms with E-state index in [0.29, 0.717) is 10.8 Å². The molecule has 1 atom stereocenters. The molecule has 1 aliphatic carbocycles. The number of carbonyl (C=O) groups excluding carboxylic acids is 1. The number of nitrogens with one attached hydrogen (secondary N) is 2. The number of fused-ring (bicyclic) bond motifs is 3. The summed E-state index contributed by atoms with van der Waals surface area (Å²) in [5.41, 5.74) is 2.23. The molecule has 10 heteroatoms. The topological polar surface area (TPSA) is 105 Å². The van der Waals surface area contributed by atoms with E-state index in [1.165, 1.54) is 23.9 Å². The molecule has 8 nitrogen and oxygen atoms in total. The number of aromatic nitrogens is 3. The highest BCUT2D eigenvalue weighted by Crippen LogP contribution is 2.27. The van der Waals surface area contributed by atoms with Gasteiger partial charge in [-0.3, -0.25) is 9.20 Å². The van der Waals surface area contributed by atoms with Gasteiger partial charge in [0.25, 0.3) is 0 Å². The molecule has 0 bridgehead atoms. The van der Waals surface area contributed by atoms with Gasteiger partial charge in [0.2, 0.25) is 15.9 Å². The standard InChI is InChI=1S/C25H27N5O3S2/c1-17(34-25-28-27-23-16-11-18-7-5-6-10-22(18)30(23)25)24(31)26-19-12-14-21(15-13-19)35(32,33)29-20-8-3-2-4-9-20/h5-7,10-17,20,29H,2-4,8-9H2,1H3,(H,26,31). The smallest absolute Gasteiger partial charge is 0.240 e. The molecule has 1 amide bonds. The van der Waals surface area contributed by atoms with E-state index in [-0.39, 0.29) is 16.8 Å². The maximum absolute atomic E-state index is 12.9. The summed E-state index contributed by atoms with van der Waals surface area (Å²) >= 11 is 1.32. The van der Waals surface area contributed by atoms with Crippen LogP contribution in [0.25, 0.3) is 16.6 Å². The first-order chi connectivity index (χ1) is 16.9. The number of hydrogen-bond acceptors (Lipinski definition) is 6. The van der Waals surface area contributed by atoms with Crippen LogP contribution >= 0.6 is 11.8 Å². The van der Waals surface area contributed by atoms with Gasteiger partial charge in [-0.1, -0.05) is 49.2 Å². The number of thioether (sulfide) groups is 1. The number of benzene rings is 2. The van der Waals surface area contributed by atoms with E-state index in [1.807, 2.05) is 40.8 Å². The average Bonchev–Trinajstić information content (AvgIpc) is 3.28. The molecule has 0 spiro atoms. The number of amides is 1. The van der Waals surface area contributed by atoms with Crippen molar-refractivity contribution in [2.24, 2.45) is 0 Å². The highest BCUT2D eigenvalue weighted by molar-refractivity contribution is 8.00. The number of rotatable bonds is 7. The lowest BCUT2D eigenvalue weighted by Crippen LogP contribution is -2.36. The summed E-state index contributed by atoms with van der Waals surface area (Å²) in [6.07, 6.45) is 5.01. The third-order valence-electron chi connectivity index (χ3n) is 6.26. The van der Waals surface area contributed by atoms with E-state index in [4.69, 9.17) is 0 Å². The Morgan fingerprint density at radius 1 is 1.00 bits per heavy atom. The lowest BCUT2D eigenvalue weighted by Gasteiger charge is -2.22. The molecule has 1 saturated carbocycles. The zero-order chi connectivity index (χ0) is 24.4. The molecule has 5 rings (SSSR count). The maximum atomic E-state index is 12.9. The Balaban J connectivity index is 1.26. The average molecular weight is 510 g/mol. The lowest BCUT2D eigenvalue weighted by atomic mass is 9.96. The second kappa shape index (κ2) is 9.96. The van der Waals surface area contributed by atoms with Gasteiger partial charge < -0.3 is 5.32 Å². The van der Waals surface area contributed by atoms with Crippen molar-refractivity contribution in [3.8, 4) is 0 Å². The minimum Gasteiger partial charge on any atom is -0.325 e. The number of para-hydroxylation sites is 1. The molecule has 2 heterocycles. The second-order valence-corrected chi connectivity index (χ2v) is 11.8. The van der Waals surface area contributed by atoms with Crippen LogP contribution in [0, 0.1) is 0 Å². The van der Waals surface area contributed by atoms with E-state index in [9.17, 15) is 13.2 Å². The van der Waals surface area contributed by atoms with E-state index in [1.54, 1.807) is 19.1 Å². The SMILES string of the molecule is CC(Sc1nnc2ccc3ccccc3n12)C(=O)Nc1ccc(S(=O)(=O)NC2CCCCC2)cc1. The van der Waals surface area contributed by atoms with Gasteiger partial charge in [-0.25, -0.2) is 13.1 Å². The summed E-state index contributed by atoms with van der Waals surface area (Å²) in [5, 5.41) is 12.6. The van der Waals surface area contributed by atoms with Crippen molar-refractivity contribution in [1.82, 2.24) is 19.3 Å². The first kappa shape index (κ1) is 23.8. The van der Waals surface area contributed by atoms with Crippen LogP contribution in [0.2, 0.25) is 0 Å². The highest BCUT2D eigenvalue weighted by Gasteiger charge is 2.23. The van der Waals surface area contributed by atoms with Gasteiger partial charge in [0, 0.05) is 11.7 Å². The highest BCUT2D eigenvalue weighted by atomic mass is 32.2. The van der Waals surface area contributed by atoms with Crippen molar-refractivity contribution in [1.29, 1.82) is 0 Å². The van der Waals surface area contributed by atoms with Crippen molar-refractivity contribution < 1.29 is 13.2 Å². The van der Waals surface area contributed by atoms with E-state index >= 15 is 0 Å². The minimum atomic E-state index is -3.58. The fourth-order valence-electron chi connectivity index (χ4n) is 4.37. The normalized spacial score (nSPS) is 15.9. The molecular weight excluding hydrogens is 482 g/mol. The van der Waals surface area contributed by atoms with Gasteiger partial charge in [-0.05, 0) is 67.6 Å². The van der Waals surface area contributed by atoms with Gasteiger partial charge in [0.05, 0.1) is 15.7 Å². The molecular formula is C25H27N5O3S2. The van der Waals surface area contributed by atoms with Crippen molar-refractivity contribution in [2.45, 2.75) is 60.4 Å². The van der Waals surface area contributed by atoms with Crippen molar-refractivity contribution in [2.75, 3.05) is 5.32 Å². The van der Waals surface area contributed by atoms with E-state index in [2.05, 4.69) is 20.2 Å². The fourth-order valence-corrected chi connectivity index (χ4v) is 6.54. The summed E-state index contributed by atoms with van der Waals surface area (Å²) in [7, 11) is -3.58. The zero-order valence-electron chi connectivity index (χ0n) is 19.3. The number of anilines is 1. The van der Waals surface area contributed by atoms with Crippen molar-refractivity contribution in [3.63, 3.8) is 0 Å². The third kappa shape index (κ3) is 5.19. The Bertz CT molecular complexity index is 1460. The van der Waals surface area contributed by atoms with Crippen LogP contribution in [0.1, 0.15) is 39.0 Å². The molecule has 0 aliphatic heterocycles. The molecule has 0 radical (unpaired) electrons. The summed E-state index contributed by atoms with van der Waals surface area (Å²) in [4.78, 5) is 13.1. The molecule has 182 valence electrons. The predicted molar refractivity (Wildman–Crippen MR) is 138 cm³/mol. The van der Waals surface area contributed by atoms with Crippen LogP contribution in [-0.4, -0.2) is 40.2 Å². The number of hydrogen-bond donors (Lipinski definition) is 2. The van der Waals surface area contributed by atoms with Gasteiger partial charge in [0.1, 0.15) is 0 Å². The number of sulfonamides is 1. The molecule has 2 aromatic heterocycles. The maximum Gasteiger partial charge on any atom is 0.240 e. The number of carbonyl (C=O) groups is 1. The molecule has 35 heavy (non-hydrogen) atoms. The quantitative estimate of drug-likeness (QED) is 0.353. The van der Waals surface area contributed by atoms with Gasteiger partial charge >= 0.3 is 0 Å². The van der Waals surface area contributed by atoms with Crippen LogP contribution in [-0.2, 0) is 14.8 Å². The van der Waals surface area contributed by atoms with Gasteiger partial charge in [-0.15, -0.1) is 10.2 Å². The Labute approximate surface area is 208 Å². The zero-order valence-corrected chi connectivity index (χ0v) is 21.0. The first-order valence-electron chi connectivity index (χ1n) is 11.7. The summed E-state index contributed by atoms with van der Waals surface area (Å²) < 4.78 is 30.2. The lowest BCUT2D eigenvalue weighted by molar-refractivity contribution is -0.115. The molecule has 2 N–H and O–H groups in total. The monoisotopic (exact) mass is 509 g/mol.